The van der Waals surface area contributed by atoms with E-state index in [1.54, 1.807) is 36.4 Å². The van der Waals surface area contributed by atoms with Gasteiger partial charge in [-0.1, -0.05) is 90.5 Å². The maximum absolute atomic E-state index is 13.3. The Kier molecular flexibility index (Phi) is 11.4. The van der Waals surface area contributed by atoms with Crippen LogP contribution in [0.15, 0.2) is 114 Å². The van der Waals surface area contributed by atoms with E-state index in [9.17, 15) is 23.1 Å². The van der Waals surface area contributed by atoms with E-state index >= 15 is 0 Å². The van der Waals surface area contributed by atoms with E-state index < -0.39 is 34.0 Å². The van der Waals surface area contributed by atoms with Gasteiger partial charge in [-0.05, 0) is 60.7 Å². The van der Waals surface area contributed by atoms with Crippen molar-refractivity contribution >= 4 is 21.9 Å². The fourth-order valence-electron chi connectivity index (χ4n) is 5.75. The molecule has 1 amide bonds. The van der Waals surface area contributed by atoms with Gasteiger partial charge in [-0.2, -0.15) is 4.31 Å². The topological polar surface area (TPSA) is 116 Å². The molecule has 1 aliphatic heterocycles. The van der Waals surface area contributed by atoms with E-state index in [2.05, 4.69) is 34.5 Å². The number of nitrogens with one attached hydrogen (secondary N) is 1. The minimum absolute atomic E-state index is 0.0424. The summed E-state index contributed by atoms with van der Waals surface area (Å²) in [7, 11) is -3.91. The number of carboxylic acids is 1. The van der Waals surface area contributed by atoms with Gasteiger partial charge in [0.1, 0.15) is 24.4 Å². The van der Waals surface area contributed by atoms with Crippen LogP contribution in [-0.2, 0) is 39.1 Å². The Hall–Kier alpha value is -4.51. The molecule has 2 atom stereocenters. The second-order valence-corrected chi connectivity index (χ2v) is 13.8. The van der Waals surface area contributed by atoms with Gasteiger partial charge in [0.15, 0.2) is 0 Å². The van der Waals surface area contributed by atoms with Crippen molar-refractivity contribution in [3.8, 4) is 5.75 Å². The third kappa shape index (κ3) is 9.28. The molecule has 0 aromatic heterocycles. The molecule has 0 bridgehead atoms. The van der Waals surface area contributed by atoms with Crippen LogP contribution in [0.5, 0.6) is 5.75 Å². The van der Waals surface area contributed by atoms with Crippen molar-refractivity contribution in [3.63, 3.8) is 0 Å². The van der Waals surface area contributed by atoms with Crippen molar-refractivity contribution in [1.82, 2.24) is 14.5 Å². The van der Waals surface area contributed by atoms with Crippen LogP contribution < -0.4 is 10.1 Å². The maximum atomic E-state index is 13.3. The van der Waals surface area contributed by atoms with E-state index in [0.717, 1.165) is 18.7 Å². The molecule has 4 aromatic carbocycles. The highest BCUT2D eigenvalue weighted by Gasteiger charge is 2.40. The largest absolute Gasteiger partial charge is 0.492 e. The average Bonchev–Trinajstić information content (AvgIpc) is 3.58. The van der Waals surface area contributed by atoms with Crippen LogP contribution in [0.1, 0.15) is 35.1 Å². The molecule has 0 saturated carbocycles. The van der Waals surface area contributed by atoms with Crippen LogP contribution in [0.4, 0.5) is 0 Å². The normalized spacial score (nSPS) is 15.7. The van der Waals surface area contributed by atoms with Crippen molar-refractivity contribution < 1.29 is 27.9 Å². The molecule has 4 aromatic rings. The average molecular weight is 656 g/mol. The van der Waals surface area contributed by atoms with Gasteiger partial charge in [-0.3, -0.25) is 9.69 Å². The first-order valence-electron chi connectivity index (χ1n) is 15.8. The molecule has 1 fully saturated rings. The number of aliphatic carboxylic acids is 1. The number of hydrogen-bond acceptors (Lipinski definition) is 6. The smallest absolute Gasteiger partial charge is 0.326 e. The van der Waals surface area contributed by atoms with Crippen LogP contribution in [0.3, 0.4) is 0 Å². The Balaban J connectivity index is 1.16. The Morgan fingerprint density at radius 2 is 1.47 bits per heavy atom. The number of sulfonamides is 1. The van der Waals surface area contributed by atoms with E-state index in [1.165, 1.54) is 27.6 Å². The molecule has 9 nitrogen and oxygen atoms in total. The summed E-state index contributed by atoms with van der Waals surface area (Å²) in [5.41, 5.74) is 4.08. The van der Waals surface area contributed by atoms with Crippen LogP contribution in [0, 0.1) is 6.92 Å². The van der Waals surface area contributed by atoms with Crippen LogP contribution in [0.25, 0.3) is 0 Å². The summed E-state index contributed by atoms with van der Waals surface area (Å²) in [5.74, 6) is -1.14. The molecule has 2 N–H and O–H groups in total. The van der Waals surface area contributed by atoms with Gasteiger partial charge in [0.25, 0.3) is 0 Å². The van der Waals surface area contributed by atoms with Gasteiger partial charge in [0, 0.05) is 32.6 Å². The first kappa shape index (κ1) is 33.8. The number of ether oxygens (including phenoxy) is 1. The van der Waals surface area contributed by atoms with Crippen molar-refractivity contribution in [2.45, 2.75) is 56.3 Å². The molecule has 47 heavy (non-hydrogen) atoms. The summed E-state index contributed by atoms with van der Waals surface area (Å²) in [5, 5.41) is 12.5. The van der Waals surface area contributed by atoms with Crippen molar-refractivity contribution in [3.05, 3.63) is 131 Å². The van der Waals surface area contributed by atoms with E-state index in [1.807, 2.05) is 43.3 Å². The van der Waals surface area contributed by atoms with Gasteiger partial charge >= 0.3 is 5.97 Å². The molecule has 0 radical (unpaired) electrons. The Labute approximate surface area is 276 Å². The molecule has 1 aliphatic rings. The lowest BCUT2D eigenvalue weighted by molar-refractivity contribution is -0.142. The minimum atomic E-state index is -3.91. The van der Waals surface area contributed by atoms with Gasteiger partial charge in [0.2, 0.25) is 15.9 Å². The van der Waals surface area contributed by atoms with Crippen LogP contribution in [-0.4, -0.2) is 66.4 Å². The minimum Gasteiger partial charge on any atom is -0.492 e. The second-order valence-electron chi connectivity index (χ2n) is 11.9. The lowest BCUT2D eigenvalue weighted by Crippen LogP contribution is -2.51. The maximum Gasteiger partial charge on any atom is 0.326 e. The zero-order valence-electron chi connectivity index (χ0n) is 26.5. The van der Waals surface area contributed by atoms with Crippen LogP contribution in [0.2, 0.25) is 0 Å². The van der Waals surface area contributed by atoms with Crippen molar-refractivity contribution in [2.75, 3.05) is 19.7 Å². The predicted molar refractivity (Wildman–Crippen MR) is 180 cm³/mol. The highest BCUT2D eigenvalue weighted by Crippen LogP contribution is 2.27. The second kappa shape index (κ2) is 15.9. The van der Waals surface area contributed by atoms with Gasteiger partial charge in [0.05, 0.1) is 4.90 Å². The standard InChI is InChI=1S/C37H41N3O6S/c1-28-14-20-33(21-15-28)47(44,45)40-22-8-13-35(40)36(41)38-34(37(42)43)25-29-16-18-32(19-17-29)46-24-23-39(26-30-9-4-2-5-10-30)27-31-11-6-3-7-12-31/h2-7,9-12,14-21,34-35H,8,13,22-27H2,1H3,(H,38,41)(H,42,43)/t34-,35-/m0/s1. The summed E-state index contributed by atoms with van der Waals surface area (Å²) in [6.07, 6.45) is 0.878. The number of aryl methyl sites for hydroxylation is 1. The summed E-state index contributed by atoms with van der Waals surface area (Å²) < 4.78 is 33.8. The quantitative estimate of drug-likeness (QED) is 0.184. The number of nitrogens with zero attached hydrogens (tertiary/aromatic N) is 2. The van der Waals surface area contributed by atoms with E-state index in [4.69, 9.17) is 4.74 Å². The zero-order valence-corrected chi connectivity index (χ0v) is 27.3. The lowest BCUT2D eigenvalue weighted by Gasteiger charge is -2.25. The highest BCUT2D eigenvalue weighted by atomic mass is 32.2. The number of amides is 1. The summed E-state index contributed by atoms with van der Waals surface area (Å²) >= 11 is 0. The SMILES string of the molecule is Cc1ccc(S(=O)(=O)N2CCC[C@H]2C(=O)N[C@@H](Cc2ccc(OCCN(Cc3ccccc3)Cc3ccccc3)cc2)C(=O)O)cc1. The highest BCUT2D eigenvalue weighted by molar-refractivity contribution is 7.89. The molecule has 0 unspecified atom stereocenters. The first-order valence-corrected chi connectivity index (χ1v) is 17.3. The molecule has 10 heteroatoms. The van der Waals surface area contributed by atoms with E-state index in [0.29, 0.717) is 37.3 Å². The number of carbonyl (C=O) groups is 2. The number of benzene rings is 4. The van der Waals surface area contributed by atoms with Crippen LogP contribution >= 0.6 is 0 Å². The fraction of sp³-hybridized carbons (Fsp3) is 0.297. The van der Waals surface area contributed by atoms with E-state index in [-0.39, 0.29) is 17.9 Å². The van der Waals surface area contributed by atoms with Crippen molar-refractivity contribution in [2.24, 2.45) is 0 Å². The molecule has 5 rings (SSSR count). The Morgan fingerprint density at radius 1 is 0.872 bits per heavy atom. The molecular weight excluding hydrogens is 614 g/mol. The fourth-order valence-corrected chi connectivity index (χ4v) is 7.41. The number of rotatable bonds is 15. The summed E-state index contributed by atoms with van der Waals surface area (Å²) in [4.78, 5) is 27.8. The van der Waals surface area contributed by atoms with Gasteiger partial charge in [-0.25, -0.2) is 13.2 Å². The van der Waals surface area contributed by atoms with Gasteiger partial charge in [-0.15, -0.1) is 0 Å². The number of carboxylic acid groups (broad SMARTS) is 1. The molecule has 1 saturated heterocycles. The molecule has 0 spiro atoms. The summed E-state index contributed by atoms with van der Waals surface area (Å²) in [6, 6.07) is 32.0. The zero-order chi connectivity index (χ0) is 33.2. The van der Waals surface area contributed by atoms with Crippen molar-refractivity contribution in [1.29, 1.82) is 0 Å². The molecular formula is C37H41N3O6S. The Bertz CT molecular complexity index is 1670. The number of carbonyl (C=O) groups excluding carboxylic acids is 1. The summed E-state index contributed by atoms with van der Waals surface area (Å²) in [6.45, 7) is 4.81. The first-order chi connectivity index (χ1) is 22.7. The molecule has 1 heterocycles. The third-order valence-electron chi connectivity index (χ3n) is 8.29. The lowest BCUT2D eigenvalue weighted by atomic mass is 10.1. The molecule has 0 aliphatic carbocycles. The Morgan fingerprint density at radius 3 is 2.04 bits per heavy atom. The third-order valence-corrected chi connectivity index (χ3v) is 10.2. The predicted octanol–water partition coefficient (Wildman–Crippen LogP) is 5.04. The molecule has 246 valence electrons. The van der Waals surface area contributed by atoms with Gasteiger partial charge < -0.3 is 15.2 Å². The number of hydrogen-bond donors (Lipinski definition) is 2. The monoisotopic (exact) mass is 655 g/mol.